The first-order valence-corrected chi connectivity index (χ1v) is 9.95. The number of carbonyl (C=O) groups excluding carboxylic acids is 1. The molecular formula is C23H26N2O4. The van der Waals surface area contributed by atoms with E-state index in [0.717, 1.165) is 11.3 Å². The predicted molar refractivity (Wildman–Crippen MR) is 110 cm³/mol. The van der Waals surface area contributed by atoms with Gasteiger partial charge in [-0.2, -0.15) is 0 Å². The largest absolute Gasteiger partial charge is 0.468 e. The lowest BCUT2D eigenvalue weighted by atomic mass is 9.88. The first-order valence-electron chi connectivity index (χ1n) is 9.95. The Labute approximate surface area is 170 Å². The molecule has 0 amide bonds. The molecule has 1 fully saturated rings. The highest BCUT2D eigenvalue weighted by molar-refractivity contribution is 5.77. The van der Waals surface area contributed by atoms with Crippen molar-refractivity contribution in [3.05, 3.63) is 75.7 Å². The van der Waals surface area contributed by atoms with Crippen molar-refractivity contribution in [1.82, 2.24) is 9.47 Å². The molecule has 0 saturated carbocycles. The molecule has 0 unspecified atom stereocenters. The van der Waals surface area contributed by atoms with Crippen LogP contribution in [0.4, 0.5) is 0 Å². The molecule has 2 aromatic rings. The van der Waals surface area contributed by atoms with Crippen LogP contribution in [0.3, 0.4) is 0 Å². The van der Waals surface area contributed by atoms with Gasteiger partial charge in [-0.05, 0) is 24.6 Å². The molecule has 29 heavy (non-hydrogen) atoms. The highest BCUT2D eigenvalue weighted by Gasteiger charge is 2.55. The van der Waals surface area contributed by atoms with E-state index in [-0.39, 0.29) is 36.0 Å². The van der Waals surface area contributed by atoms with Gasteiger partial charge in [0.15, 0.2) is 0 Å². The van der Waals surface area contributed by atoms with E-state index in [9.17, 15) is 14.7 Å². The van der Waals surface area contributed by atoms with Gasteiger partial charge in [-0.3, -0.25) is 14.5 Å². The molecule has 152 valence electrons. The first-order chi connectivity index (χ1) is 14.1. The van der Waals surface area contributed by atoms with Crippen molar-refractivity contribution in [3.8, 4) is 0 Å². The van der Waals surface area contributed by atoms with Gasteiger partial charge >= 0.3 is 5.97 Å². The summed E-state index contributed by atoms with van der Waals surface area (Å²) in [6.45, 7) is 2.80. The van der Waals surface area contributed by atoms with Crippen LogP contribution < -0.4 is 5.56 Å². The molecule has 6 heteroatoms. The summed E-state index contributed by atoms with van der Waals surface area (Å²) in [6.07, 6.45) is 3.66. The maximum absolute atomic E-state index is 13.0. The van der Waals surface area contributed by atoms with Gasteiger partial charge < -0.3 is 14.4 Å². The van der Waals surface area contributed by atoms with Crippen molar-refractivity contribution in [3.63, 3.8) is 0 Å². The molecule has 0 bridgehead atoms. The van der Waals surface area contributed by atoms with Crippen molar-refractivity contribution in [1.29, 1.82) is 0 Å². The number of aromatic nitrogens is 1. The topological polar surface area (TPSA) is 71.8 Å². The second-order valence-electron chi connectivity index (χ2n) is 7.71. The Morgan fingerprint density at radius 2 is 2.00 bits per heavy atom. The monoisotopic (exact) mass is 394 g/mol. The highest BCUT2D eigenvalue weighted by atomic mass is 16.5. The van der Waals surface area contributed by atoms with E-state index in [4.69, 9.17) is 4.74 Å². The minimum absolute atomic E-state index is 0.0265. The summed E-state index contributed by atoms with van der Waals surface area (Å²) in [5.41, 5.74) is 2.59. The number of allylic oxidation sites excluding steroid dienone is 1. The normalized spacial score (nSPS) is 25.9. The maximum atomic E-state index is 13.0. The lowest BCUT2D eigenvalue weighted by Gasteiger charge is -2.29. The van der Waals surface area contributed by atoms with Crippen LogP contribution in [0.5, 0.6) is 0 Å². The fraction of sp³-hybridized carbons (Fsp3) is 0.391. The molecule has 1 N–H and O–H groups in total. The van der Waals surface area contributed by atoms with Crippen LogP contribution in [0.25, 0.3) is 6.08 Å². The number of fused-ring (bicyclic) bond motifs is 3. The summed E-state index contributed by atoms with van der Waals surface area (Å²) in [5.74, 6) is -0.657. The van der Waals surface area contributed by atoms with Crippen LogP contribution in [-0.4, -0.2) is 40.3 Å². The zero-order chi connectivity index (χ0) is 20.5. The number of hydrogen-bond donors (Lipinski definition) is 1. The van der Waals surface area contributed by atoms with Crippen LogP contribution in [0.2, 0.25) is 0 Å². The molecule has 0 radical (unpaired) electrons. The zero-order valence-electron chi connectivity index (χ0n) is 16.7. The van der Waals surface area contributed by atoms with E-state index in [1.165, 1.54) is 7.11 Å². The summed E-state index contributed by atoms with van der Waals surface area (Å²) in [5, 5.41) is 10.2. The molecule has 6 nitrogen and oxygen atoms in total. The number of hydrogen-bond acceptors (Lipinski definition) is 5. The molecule has 4 rings (SSSR count). The standard InChI is InChI=1S/C23H26N2O4/c1-3-7-16-10-11-19-20-17(13-24(19)22(16)27)18(14-26)21(23(28)29-2)25(20)12-15-8-5-4-6-9-15/h3-11,17-18,20-21,26H,12-14H2,1-2H3/b7-3+/t17-,18-,20+,21-/m1/s1. The Morgan fingerprint density at radius 1 is 1.24 bits per heavy atom. The van der Waals surface area contributed by atoms with Crippen molar-refractivity contribution < 1.29 is 14.6 Å². The minimum atomic E-state index is -0.542. The number of pyridine rings is 1. The molecular weight excluding hydrogens is 368 g/mol. The van der Waals surface area contributed by atoms with Gasteiger partial charge in [-0.1, -0.05) is 42.5 Å². The van der Waals surface area contributed by atoms with Gasteiger partial charge in [0.05, 0.1) is 13.2 Å². The third-order valence-corrected chi connectivity index (χ3v) is 6.22. The average molecular weight is 394 g/mol. The van der Waals surface area contributed by atoms with Gasteiger partial charge in [0, 0.05) is 42.8 Å². The van der Waals surface area contributed by atoms with E-state index in [1.54, 1.807) is 4.57 Å². The van der Waals surface area contributed by atoms with Crippen LogP contribution >= 0.6 is 0 Å². The number of esters is 1. The second kappa shape index (κ2) is 7.97. The average Bonchev–Trinajstić information content (AvgIpc) is 3.26. The molecule has 2 aliphatic heterocycles. The number of aliphatic hydroxyl groups excluding tert-OH is 1. The number of likely N-dealkylation sites (tertiary alicyclic amines) is 1. The maximum Gasteiger partial charge on any atom is 0.323 e. The molecule has 1 aromatic carbocycles. The van der Waals surface area contributed by atoms with Crippen LogP contribution in [0, 0.1) is 11.8 Å². The molecule has 1 aromatic heterocycles. The Hall–Kier alpha value is -2.70. The second-order valence-corrected chi connectivity index (χ2v) is 7.71. The molecule has 0 spiro atoms. The lowest BCUT2D eigenvalue weighted by Crippen LogP contribution is -2.43. The fourth-order valence-electron chi connectivity index (χ4n) is 4.99. The van der Waals surface area contributed by atoms with Gasteiger partial charge in [0.25, 0.3) is 5.56 Å². The predicted octanol–water partition coefficient (Wildman–Crippen LogP) is 2.22. The molecule has 3 heterocycles. The number of nitrogens with zero attached hydrogens (tertiary/aromatic N) is 2. The van der Waals surface area contributed by atoms with Crippen molar-refractivity contribution in [2.75, 3.05) is 13.7 Å². The van der Waals surface area contributed by atoms with E-state index < -0.39 is 6.04 Å². The summed E-state index contributed by atoms with van der Waals surface area (Å²) in [4.78, 5) is 27.7. The van der Waals surface area contributed by atoms with E-state index >= 15 is 0 Å². The zero-order valence-corrected chi connectivity index (χ0v) is 16.7. The molecule has 4 atom stereocenters. The van der Waals surface area contributed by atoms with Gasteiger partial charge in [-0.15, -0.1) is 0 Å². The van der Waals surface area contributed by atoms with E-state index in [0.29, 0.717) is 18.7 Å². The van der Waals surface area contributed by atoms with E-state index in [1.807, 2.05) is 61.5 Å². The SMILES string of the molecule is C/C=C/c1ccc2n(c1=O)C[C@@H]1[C@@H](CO)[C@H](C(=O)OC)N(Cc3ccccc3)[C@H]21. The number of carbonyl (C=O) groups is 1. The molecule has 0 aliphatic carbocycles. The van der Waals surface area contributed by atoms with Gasteiger partial charge in [0.1, 0.15) is 6.04 Å². The van der Waals surface area contributed by atoms with Crippen molar-refractivity contribution >= 4 is 12.0 Å². The fourth-order valence-corrected chi connectivity index (χ4v) is 4.99. The van der Waals surface area contributed by atoms with Crippen molar-refractivity contribution in [2.24, 2.45) is 11.8 Å². The summed E-state index contributed by atoms with van der Waals surface area (Å²) in [7, 11) is 1.38. The van der Waals surface area contributed by atoms with Crippen molar-refractivity contribution in [2.45, 2.75) is 32.1 Å². The number of ether oxygens (including phenoxy) is 1. The summed E-state index contributed by atoms with van der Waals surface area (Å²) in [6, 6.07) is 13.1. The Bertz CT molecular complexity index is 982. The third kappa shape index (κ3) is 3.22. The van der Waals surface area contributed by atoms with Crippen LogP contribution in [0.1, 0.15) is 29.8 Å². The number of benzene rings is 1. The third-order valence-electron chi connectivity index (χ3n) is 6.22. The van der Waals surface area contributed by atoms with E-state index in [2.05, 4.69) is 4.90 Å². The summed E-state index contributed by atoms with van der Waals surface area (Å²) < 4.78 is 6.90. The smallest absolute Gasteiger partial charge is 0.323 e. The quantitative estimate of drug-likeness (QED) is 0.788. The Morgan fingerprint density at radius 3 is 2.66 bits per heavy atom. The molecule has 1 saturated heterocycles. The number of aliphatic hydroxyl groups is 1. The van der Waals surface area contributed by atoms with Crippen LogP contribution in [0.15, 0.2) is 53.3 Å². The van der Waals surface area contributed by atoms with Gasteiger partial charge in [-0.25, -0.2) is 0 Å². The number of rotatable bonds is 5. The van der Waals surface area contributed by atoms with Gasteiger partial charge in [0.2, 0.25) is 0 Å². The molecule has 2 aliphatic rings. The number of methoxy groups -OCH3 is 1. The first kappa shape index (κ1) is 19.6. The summed E-state index contributed by atoms with van der Waals surface area (Å²) >= 11 is 0. The van der Waals surface area contributed by atoms with Crippen LogP contribution in [-0.2, 0) is 22.6 Å². The lowest BCUT2D eigenvalue weighted by molar-refractivity contribution is -0.148. The highest BCUT2D eigenvalue weighted by Crippen LogP contribution is 2.49. The minimum Gasteiger partial charge on any atom is -0.468 e. The Balaban J connectivity index is 1.81. The Kier molecular flexibility index (Phi) is 5.39.